The average Bonchev–Trinajstić information content (AvgIpc) is 3.26. The lowest BCUT2D eigenvalue weighted by Crippen LogP contribution is -2.45. The van der Waals surface area contributed by atoms with Crippen LogP contribution in [0.1, 0.15) is 31.7 Å². The molecule has 0 spiro atoms. The number of aromatic nitrogens is 2. The Balaban J connectivity index is 1.57. The molecule has 1 amide bonds. The molecule has 1 atom stereocenters. The van der Waals surface area contributed by atoms with Crippen molar-refractivity contribution in [2.24, 2.45) is 5.92 Å². The number of sulfonamides is 1. The Kier molecular flexibility index (Phi) is 7.49. The van der Waals surface area contributed by atoms with Crippen LogP contribution in [0.25, 0.3) is 0 Å². The van der Waals surface area contributed by atoms with Crippen molar-refractivity contribution >= 4 is 15.9 Å². The van der Waals surface area contributed by atoms with Crippen LogP contribution in [0.15, 0.2) is 41.8 Å². The summed E-state index contributed by atoms with van der Waals surface area (Å²) in [4.78, 5) is 16.8. The number of nitrogens with one attached hydrogen (secondary N) is 1. The molecular formula is C21H30N4O4S. The van der Waals surface area contributed by atoms with E-state index >= 15 is 0 Å². The normalized spacial score (nSPS) is 17.6. The van der Waals surface area contributed by atoms with Crippen LogP contribution in [0, 0.1) is 12.8 Å². The number of ether oxygens (including phenoxy) is 1. The van der Waals surface area contributed by atoms with Crippen molar-refractivity contribution < 1.29 is 17.9 Å². The second kappa shape index (κ2) is 10.1. The summed E-state index contributed by atoms with van der Waals surface area (Å²) in [6.07, 6.45) is 7.51. The minimum Gasteiger partial charge on any atom is -0.494 e. The Hall–Kier alpha value is -2.39. The molecule has 2 aromatic rings. The highest BCUT2D eigenvalue weighted by molar-refractivity contribution is 7.89. The van der Waals surface area contributed by atoms with Gasteiger partial charge in [0.05, 0.1) is 23.7 Å². The lowest BCUT2D eigenvalue weighted by atomic mass is 9.99. The largest absolute Gasteiger partial charge is 0.494 e. The predicted molar refractivity (Wildman–Crippen MR) is 114 cm³/mol. The van der Waals surface area contributed by atoms with E-state index in [4.69, 9.17) is 4.74 Å². The Morgan fingerprint density at radius 3 is 2.90 bits per heavy atom. The van der Waals surface area contributed by atoms with E-state index in [2.05, 4.69) is 10.3 Å². The van der Waals surface area contributed by atoms with Gasteiger partial charge in [0.15, 0.2) is 0 Å². The standard InChI is InChI=1S/C21H30N4O4S/c1-3-29-20-8-7-19(14-17(20)2)30(27,28)25-12-4-6-18(15-25)21(26)23-9-5-11-24-13-10-22-16-24/h7-8,10,13-14,16,18H,3-6,9,11-12,15H2,1-2H3,(H,23,26)/t18-/m0/s1. The first-order valence-corrected chi connectivity index (χ1v) is 11.8. The first-order chi connectivity index (χ1) is 14.4. The number of nitrogens with zero attached hydrogens (tertiary/aromatic N) is 3. The maximum absolute atomic E-state index is 13.1. The third-order valence-corrected chi connectivity index (χ3v) is 7.15. The first kappa shape index (κ1) is 22.3. The van der Waals surface area contributed by atoms with Crippen molar-refractivity contribution in [2.75, 3.05) is 26.2 Å². The second-order valence-corrected chi connectivity index (χ2v) is 9.45. The fourth-order valence-corrected chi connectivity index (χ4v) is 5.27. The van der Waals surface area contributed by atoms with Gasteiger partial charge in [-0.3, -0.25) is 4.79 Å². The van der Waals surface area contributed by atoms with Crippen molar-refractivity contribution in [1.29, 1.82) is 0 Å². The van der Waals surface area contributed by atoms with Crippen LogP contribution >= 0.6 is 0 Å². The minimum atomic E-state index is -3.65. The molecule has 3 rings (SSSR count). The molecule has 0 saturated carbocycles. The molecule has 164 valence electrons. The summed E-state index contributed by atoms with van der Waals surface area (Å²) in [5.74, 6) is 0.275. The van der Waals surface area contributed by atoms with Crippen molar-refractivity contribution in [2.45, 2.75) is 44.6 Å². The number of carbonyl (C=O) groups is 1. The van der Waals surface area contributed by atoms with Gasteiger partial charge in [0, 0.05) is 38.6 Å². The Labute approximate surface area is 178 Å². The first-order valence-electron chi connectivity index (χ1n) is 10.4. The van der Waals surface area contributed by atoms with Gasteiger partial charge in [0.2, 0.25) is 15.9 Å². The van der Waals surface area contributed by atoms with Crippen LogP contribution in [0.2, 0.25) is 0 Å². The van der Waals surface area contributed by atoms with Crippen molar-refractivity contribution in [3.63, 3.8) is 0 Å². The van der Waals surface area contributed by atoms with Gasteiger partial charge in [0.25, 0.3) is 0 Å². The zero-order valence-corrected chi connectivity index (χ0v) is 18.4. The number of imidazole rings is 1. The molecule has 1 aromatic heterocycles. The highest BCUT2D eigenvalue weighted by Crippen LogP contribution is 2.27. The van der Waals surface area contributed by atoms with Crippen LogP contribution < -0.4 is 10.1 Å². The quantitative estimate of drug-likeness (QED) is 0.611. The molecule has 2 heterocycles. The van der Waals surface area contributed by atoms with E-state index < -0.39 is 10.0 Å². The van der Waals surface area contributed by atoms with Crippen LogP contribution in [0.3, 0.4) is 0 Å². The van der Waals surface area contributed by atoms with E-state index in [-0.39, 0.29) is 23.3 Å². The van der Waals surface area contributed by atoms with Crippen LogP contribution in [0.4, 0.5) is 0 Å². The summed E-state index contributed by atoms with van der Waals surface area (Å²) in [6, 6.07) is 4.91. The molecule has 1 aromatic carbocycles. The summed E-state index contributed by atoms with van der Waals surface area (Å²) < 4.78 is 35.1. The lowest BCUT2D eigenvalue weighted by molar-refractivity contribution is -0.126. The smallest absolute Gasteiger partial charge is 0.243 e. The highest BCUT2D eigenvalue weighted by atomic mass is 32.2. The van der Waals surface area contributed by atoms with E-state index in [0.717, 1.165) is 18.5 Å². The number of hydrogen-bond acceptors (Lipinski definition) is 5. The third kappa shape index (κ3) is 5.40. The van der Waals surface area contributed by atoms with Crippen molar-refractivity contribution in [3.05, 3.63) is 42.5 Å². The molecule has 0 radical (unpaired) electrons. The molecule has 1 aliphatic heterocycles. The van der Waals surface area contributed by atoms with Gasteiger partial charge in [-0.2, -0.15) is 4.31 Å². The Morgan fingerprint density at radius 2 is 2.20 bits per heavy atom. The van der Waals surface area contributed by atoms with Crippen LogP contribution in [0.5, 0.6) is 5.75 Å². The predicted octanol–water partition coefficient (Wildman–Crippen LogP) is 2.20. The molecule has 0 aliphatic carbocycles. The Morgan fingerprint density at radius 1 is 1.37 bits per heavy atom. The Bertz CT molecular complexity index is 944. The summed E-state index contributed by atoms with van der Waals surface area (Å²) in [7, 11) is -3.65. The summed E-state index contributed by atoms with van der Waals surface area (Å²) in [6.45, 7) is 6.22. The van der Waals surface area contributed by atoms with Gasteiger partial charge in [-0.05, 0) is 56.9 Å². The lowest BCUT2D eigenvalue weighted by Gasteiger charge is -2.31. The molecule has 0 bridgehead atoms. The maximum Gasteiger partial charge on any atom is 0.243 e. The van der Waals surface area contributed by atoms with Gasteiger partial charge in [0.1, 0.15) is 5.75 Å². The minimum absolute atomic E-state index is 0.0802. The van der Waals surface area contributed by atoms with Crippen molar-refractivity contribution in [1.82, 2.24) is 19.2 Å². The molecule has 1 saturated heterocycles. The van der Waals surface area contributed by atoms with E-state index in [9.17, 15) is 13.2 Å². The van der Waals surface area contributed by atoms with Crippen molar-refractivity contribution in [3.8, 4) is 5.75 Å². The number of benzene rings is 1. The zero-order valence-electron chi connectivity index (χ0n) is 17.6. The molecule has 8 nitrogen and oxygen atoms in total. The molecule has 1 N–H and O–H groups in total. The molecule has 1 aliphatic rings. The fourth-order valence-electron chi connectivity index (χ4n) is 3.66. The second-order valence-electron chi connectivity index (χ2n) is 7.51. The number of amides is 1. The van der Waals surface area contributed by atoms with E-state index in [1.807, 2.05) is 24.6 Å². The van der Waals surface area contributed by atoms with Gasteiger partial charge < -0.3 is 14.6 Å². The molecular weight excluding hydrogens is 404 g/mol. The maximum atomic E-state index is 13.1. The molecule has 1 fully saturated rings. The SMILES string of the molecule is CCOc1ccc(S(=O)(=O)N2CCC[C@H](C(=O)NCCCn3ccnc3)C2)cc1C. The molecule has 30 heavy (non-hydrogen) atoms. The number of hydrogen-bond donors (Lipinski definition) is 1. The van der Waals surface area contributed by atoms with E-state index in [1.54, 1.807) is 30.7 Å². The van der Waals surface area contributed by atoms with Gasteiger partial charge in [-0.25, -0.2) is 13.4 Å². The zero-order chi connectivity index (χ0) is 21.6. The number of piperidine rings is 1. The topological polar surface area (TPSA) is 93.5 Å². The van der Waals surface area contributed by atoms with E-state index in [0.29, 0.717) is 38.3 Å². The highest BCUT2D eigenvalue weighted by Gasteiger charge is 2.33. The molecule has 0 unspecified atom stereocenters. The summed E-state index contributed by atoms with van der Waals surface area (Å²) in [5.41, 5.74) is 0.780. The van der Waals surface area contributed by atoms with Gasteiger partial charge in [-0.1, -0.05) is 0 Å². The number of carbonyl (C=O) groups excluding carboxylic acids is 1. The van der Waals surface area contributed by atoms with Gasteiger partial charge >= 0.3 is 0 Å². The number of aryl methyl sites for hydroxylation is 2. The third-order valence-electron chi connectivity index (χ3n) is 5.29. The van der Waals surface area contributed by atoms with Crippen LogP contribution in [-0.2, 0) is 21.4 Å². The molecule has 9 heteroatoms. The average molecular weight is 435 g/mol. The number of rotatable bonds is 9. The summed E-state index contributed by atoms with van der Waals surface area (Å²) >= 11 is 0. The van der Waals surface area contributed by atoms with Crippen LogP contribution in [-0.4, -0.2) is 54.4 Å². The van der Waals surface area contributed by atoms with Gasteiger partial charge in [-0.15, -0.1) is 0 Å². The van der Waals surface area contributed by atoms with E-state index in [1.165, 1.54) is 4.31 Å². The fraction of sp³-hybridized carbons (Fsp3) is 0.524. The monoisotopic (exact) mass is 434 g/mol. The summed E-state index contributed by atoms with van der Waals surface area (Å²) in [5, 5.41) is 2.95.